The van der Waals surface area contributed by atoms with Gasteiger partial charge in [-0.2, -0.15) is 5.10 Å². The number of nitrogens with zero attached hydrogens (tertiary/aromatic N) is 3. The van der Waals surface area contributed by atoms with Crippen LogP contribution in [0.4, 0.5) is 5.82 Å². The standard InChI is InChI=1S/C12H10N6OS3/c19-8-5-22-11(7-2-1-3-21-7)18(8)17-10-6-4-13-16-9(6)14-12(20)15-10/h1-4,11H,5H2,(H3,13,14,15,16,17,20). The quantitative estimate of drug-likeness (QED) is 0.629. The van der Waals surface area contributed by atoms with Gasteiger partial charge < -0.3 is 4.98 Å². The summed E-state index contributed by atoms with van der Waals surface area (Å²) < 4.78 is 0.325. The first kappa shape index (κ1) is 13.7. The van der Waals surface area contributed by atoms with E-state index < -0.39 is 0 Å². The number of carbonyl (C=O) groups is 1. The van der Waals surface area contributed by atoms with Crippen molar-refractivity contribution < 1.29 is 4.79 Å². The third kappa shape index (κ3) is 2.28. The van der Waals surface area contributed by atoms with Gasteiger partial charge in [0.25, 0.3) is 5.91 Å². The van der Waals surface area contributed by atoms with E-state index in [4.69, 9.17) is 12.2 Å². The zero-order chi connectivity index (χ0) is 15.1. The smallest absolute Gasteiger partial charge is 0.252 e. The number of hydrazine groups is 1. The molecule has 0 bridgehead atoms. The molecule has 3 aromatic heterocycles. The fourth-order valence-electron chi connectivity index (χ4n) is 2.25. The van der Waals surface area contributed by atoms with Crippen LogP contribution in [0.25, 0.3) is 11.0 Å². The van der Waals surface area contributed by atoms with Crippen LogP contribution in [-0.4, -0.2) is 36.8 Å². The normalized spacial score (nSPS) is 18.3. The van der Waals surface area contributed by atoms with Gasteiger partial charge in [-0.3, -0.25) is 15.3 Å². The van der Waals surface area contributed by atoms with Crippen molar-refractivity contribution in [2.24, 2.45) is 0 Å². The second-order valence-electron chi connectivity index (χ2n) is 4.60. The molecule has 4 rings (SSSR count). The number of aromatic amines is 2. The number of H-pyrrole nitrogens is 2. The number of thioether (sulfide) groups is 1. The lowest BCUT2D eigenvalue weighted by molar-refractivity contribution is -0.126. The summed E-state index contributed by atoms with van der Waals surface area (Å²) in [4.78, 5) is 20.5. The third-order valence-electron chi connectivity index (χ3n) is 3.22. The summed E-state index contributed by atoms with van der Waals surface area (Å²) in [7, 11) is 0. The van der Waals surface area contributed by atoms with Crippen LogP contribution < -0.4 is 5.43 Å². The number of aromatic nitrogens is 4. The van der Waals surface area contributed by atoms with Gasteiger partial charge in [-0.15, -0.1) is 23.1 Å². The molecule has 1 aliphatic rings. The van der Waals surface area contributed by atoms with Gasteiger partial charge in [-0.25, -0.2) is 9.99 Å². The van der Waals surface area contributed by atoms with Crippen molar-refractivity contribution in [2.75, 3.05) is 11.2 Å². The van der Waals surface area contributed by atoms with E-state index in [0.29, 0.717) is 22.0 Å². The lowest BCUT2D eigenvalue weighted by atomic mass is 10.4. The first-order valence-corrected chi connectivity index (χ1v) is 8.73. The van der Waals surface area contributed by atoms with Crippen molar-refractivity contribution in [3.8, 4) is 0 Å². The Morgan fingerprint density at radius 2 is 2.41 bits per heavy atom. The van der Waals surface area contributed by atoms with Gasteiger partial charge in [0.1, 0.15) is 11.2 Å². The topological polar surface area (TPSA) is 89.7 Å². The molecule has 112 valence electrons. The molecular weight excluding hydrogens is 340 g/mol. The number of carbonyl (C=O) groups excluding carboxylic acids is 1. The highest BCUT2D eigenvalue weighted by Crippen LogP contribution is 2.40. The molecule has 0 saturated carbocycles. The molecule has 0 spiro atoms. The zero-order valence-electron chi connectivity index (χ0n) is 11.1. The summed E-state index contributed by atoms with van der Waals surface area (Å²) in [5.41, 5.74) is 3.73. The molecular formula is C12H10N6OS3. The summed E-state index contributed by atoms with van der Waals surface area (Å²) in [6.07, 6.45) is 1.64. The van der Waals surface area contributed by atoms with Crippen LogP contribution >= 0.6 is 35.3 Å². The molecule has 7 nitrogen and oxygen atoms in total. The predicted molar refractivity (Wildman–Crippen MR) is 89.1 cm³/mol. The van der Waals surface area contributed by atoms with Crippen LogP contribution in [0.15, 0.2) is 23.7 Å². The minimum absolute atomic E-state index is 0.0242. The highest BCUT2D eigenvalue weighted by molar-refractivity contribution is 8.00. The molecule has 10 heteroatoms. The second-order valence-corrected chi connectivity index (χ2v) is 7.04. The van der Waals surface area contributed by atoms with Crippen LogP contribution in [0.1, 0.15) is 10.3 Å². The molecule has 1 fully saturated rings. The van der Waals surface area contributed by atoms with E-state index in [2.05, 4.69) is 25.6 Å². The van der Waals surface area contributed by atoms with E-state index in [9.17, 15) is 4.79 Å². The first-order valence-electron chi connectivity index (χ1n) is 6.39. The first-order chi connectivity index (χ1) is 10.7. The zero-order valence-corrected chi connectivity index (χ0v) is 13.5. The maximum atomic E-state index is 12.2. The number of fused-ring (bicyclic) bond motifs is 1. The molecule has 1 amide bonds. The highest BCUT2D eigenvalue weighted by Gasteiger charge is 2.34. The minimum Gasteiger partial charge on any atom is -0.315 e. The molecule has 0 aromatic carbocycles. The Morgan fingerprint density at radius 3 is 3.23 bits per heavy atom. The molecule has 4 heterocycles. The van der Waals surface area contributed by atoms with Crippen molar-refractivity contribution in [3.63, 3.8) is 0 Å². The Balaban J connectivity index is 1.72. The Hall–Kier alpha value is -1.91. The van der Waals surface area contributed by atoms with Gasteiger partial charge in [0.05, 0.1) is 17.3 Å². The average molecular weight is 350 g/mol. The van der Waals surface area contributed by atoms with Crippen molar-refractivity contribution in [2.45, 2.75) is 5.37 Å². The van der Waals surface area contributed by atoms with Crippen LogP contribution in [0.5, 0.6) is 0 Å². The third-order valence-corrected chi connectivity index (χ3v) is 5.68. The van der Waals surface area contributed by atoms with Gasteiger partial charge in [0, 0.05) is 4.88 Å². The lowest BCUT2D eigenvalue weighted by Crippen LogP contribution is -2.34. The van der Waals surface area contributed by atoms with Crippen molar-refractivity contribution in [1.82, 2.24) is 25.2 Å². The van der Waals surface area contributed by atoms with E-state index >= 15 is 0 Å². The molecule has 22 heavy (non-hydrogen) atoms. The summed E-state index contributed by atoms with van der Waals surface area (Å²) in [5, 5.41) is 11.1. The predicted octanol–water partition coefficient (Wildman–Crippen LogP) is 2.68. The number of anilines is 1. The Labute approximate surface area is 138 Å². The maximum absolute atomic E-state index is 12.2. The van der Waals surface area contributed by atoms with Crippen LogP contribution in [0.3, 0.4) is 0 Å². The minimum atomic E-state index is -0.0513. The van der Waals surface area contributed by atoms with Crippen LogP contribution in [0.2, 0.25) is 0 Å². The fraction of sp³-hybridized carbons (Fsp3) is 0.167. The average Bonchev–Trinajstić information content (AvgIpc) is 3.20. The number of hydrogen-bond acceptors (Lipinski definition) is 7. The van der Waals surface area contributed by atoms with E-state index in [1.54, 1.807) is 34.3 Å². The molecule has 0 radical (unpaired) electrons. The molecule has 3 N–H and O–H groups in total. The molecule has 1 unspecified atom stereocenters. The maximum Gasteiger partial charge on any atom is 0.252 e. The molecule has 1 atom stereocenters. The second kappa shape index (κ2) is 5.38. The number of hydrogen-bond donors (Lipinski definition) is 3. The Bertz CT molecular complexity index is 886. The van der Waals surface area contributed by atoms with Gasteiger partial charge >= 0.3 is 0 Å². The van der Waals surface area contributed by atoms with E-state index in [1.807, 2.05) is 17.5 Å². The molecule has 1 saturated heterocycles. The Kier molecular flexibility index (Phi) is 3.36. The number of thiophene rings is 1. The summed E-state index contributed by atoms with van der Waals surface area (Å²) in [6, 6.07) is 4.01. The number of nitrogens with one attached hydrogen (secondary N) is 3. The van der Waals surface area contributed by atoms with Crippen molar-refractivity contribution in [1.29, 1.82) is 0 Å². The summed E-state index contributed by atoms with van der Waals surface area (Å²) in [5.74, 6) is 1.08. The number of amides is 1. The molecule has 3 aromatic rings. The SMILES string of the molecule is O=C1CSC(c2cccs2)N1Nc1[nH]c(=S)nc2[nH]ncc12. The van der Waals surface area contributed by atoms with E-state index in [-0.39, 0.29) is 11.3 Å². The van der Waals surface area contributed by atoms with Crippen molar-refractivity contribution in [3.05, 3.63) is 33.4 Å². The van der Waals surface area contributed by atoms with Gasteiger partial charge in [-0.05, 0) is 23.7 Å². The van der Waals surface area contributed by atoms with Gasteiger partial charge in [0.2, 0.25) is 0 Å². The lowest BCUT2D eigenvalue weighted by Gasteiger charge is -2.24. The largest absolute Gasteiger partial charge is 0.315 e. The number of rotatable bonds is 3. The van der Waals surface area contributed by atoms with Crippen LogP contribution in [0, 0.1) is 4.77 Å². The van der Waals surface area contributed by atoms with E-state index in [0.717, 1.165) is 10.3 Å². The van der Waals surface area contributed by atoms with Crippen molar-refractivity contribution >= 4 is 58.1 Å². The van der Waals surface area contributed by atoms with Gasteiger partial charge in [-0.1, -0.05) is 6.07 Å². The highest BCUT2D eigenvalue weighted by atomic mass is 32.2. The Morgan fingerprint density at radius 1 is 1.50 bits per heavy atom. The molecule has 1 aliphatic heterocycles. The summed E-state index contributed by atoms with van der Waals surface area (Å²) in [6.45, 7) is 0. The molecule has 0 aliphatic carbocycles. The van der Waals surface area contributed by atoms with E-state index in [1.165, 1.54) is 0 Å². The van der Waals surface area contributed by atoms with Gasteiger partial charge in [0.15, 0.2) is 10.4 Å². The fourth-order valence-corrected chi connectivity index (χ4v) is 4.51. The summed E-state index contributed by atoms with van der Waals surface area (Å²) >= 11 is 8.33. The van der Waals surface area contributed by atoms with Crippen LogP contribution in [-0.2, 0) is 4.79 Å². The monoisotopic (exact) mass is 350 g/mol.